The van der Waals surface area contributed by atoms with Crippen molar-refractivity contribution in [2.75, 3.05) is 0 Å². The second kappa shape index (κ2) is 14.0. The van der Waals surface area contributed by atoms with E-state index < -0.39 is 78.2 Å². The highest BCUT2D eigenvalue weighted by Gasteiger charge is 2.55. The number of rotatable bonds is 8. The number of nitrogens with one attached hydrogen (secondary N) is 2. The van der Waals surface area contributed by atoms with Crippen LogP contribution in [-0.2, 0) is 36.1 Å². The van der Waals surface area contributed by atoms with Crippen molar-refractivity contribution >= 4 is 11.8 Å². The monoisotopic (exact) mass is 750 g/mol. The van der Waals surface area contributed by atoms with E-state index in [1.165, 1.54) is 6.20 Å². The molecule has 3 aromatic carbocycles. The molecule has 1 unspecified atom stereocenters. The van der Waals surface area contributed by atoms with Crippen LogP contribution >= 0.6 is 0 Å². The van der Waals surface area contributed by atoms with Crippen LogP contribution in [0.1, 0.15) is 80.8 Å². The van der Waals surface area contributed by atoms with Crippen molar-refractivity contribution in [3.63, 3.8) is 0 Å². The molecule has 2 amide bonds. The van der Waals surface area contributed by atoms with Gasteiger partial charge in [0, 0.05) is 48.3 Å². The lowest BCUT2D eigenvalue weighted by Gasteiger charge is -2.29. The number of carbonyl (C=O) groups is 2. The van der Waals surface area contributed by atoms with Gasteiger partial charge in [-0.1, -0.05) is 36.3 Å². The number of halogens is 8. The van der Waals surface area contributed by atoms with Crippen molar-refractivity contribution in [3.05, 3.63) is 135 Å². The van der Waals surface area contributed by atoms with Crippen molar-refractivity contribution in [2.24, 2.45) is 0 Å². The van der Waals surface area contributed by atoms with Crippen molar-refractivity contribution in [1.29, 1.82) is 0 Å². The molecule has 276 valence electrons. The molecular weight excluding hydrogens is 724 g/mol. The Hall–Kier alpha value is -6.11. The van der Waals surface area contributed by atoms with Crippen molar-refractivity contribution in [1.82, 2.24) is 30.4 Å². The molecule has 0 saturated carbocycles. The molecular formula is C38H26F8N6O2. The minimum Gasteiger partial charge on any atom is -0.348 e. The van der Waals surface area contributed by atoms with Gasteiger partial charge in [-0.25, -0.2) is 36.3 Å². The predicted octanol–water partition coefficient (Wildman–Crippen LogP) is 7.28. The van der Waals surface area contributed by atoms with Gasteiger partial charge in [0.05, 0.1) is 17.3 Å². The van der Waals surface area contributed by atoms with Gasteiger partial charge >= 0.3 is 0 Å². The van der Waals surface area contributed by atoms with Gasteiger partial charge in [-0.3, -0.25) is 14.3 Å². The van der Waals surface area contributed by atoms with Gasteiger partial charge in [0.1, 0.15) is 29.6 Å². The molecule has 8 nitrogen and oxygen atoms in total. The number of carbonyl (C=O) groups excluding carboxylic acids is 2. The number of benzene rings is 3. The van der Waals surface area contributed by atoms with Gasteiger partial charge in [-0.05, 0) is 59.4 Å². The average Bonchev–Trinajstić information content (AvgIpc) is 3.71. The lowest BCUT2D eigenvalue weighted by Crippen LogP contribution is -2.37. The third-order valence-electron chi connectivity index (χ3n) is 8.99. The molecule has 5 aromatic rings. The Morgan fingerprint density at radius 1 is 0.907 bits per heavy atom. The third kappa shape index (κ3) is 7.26. The van der Waals surface area contributed by atoms with Gasteiger partial charge in [0.25, 0.3) is 24.2 Å². The van der Waals surface area contributed by atoms with Crippen molar-refractivity contribution < 1.29 is 44.7 Å². The molecule has 0 radical (unpaired) electrons. The minimum atomic E-state index is -4.07. The molecule has 0 saturated heterocycles. The van der Waals surface area contributed by atoms with E-state index in [0.29, 0.717) is 28.3 Å². The zero-order valence-corrected chi connectivity index (χ0v) is 27.7. The minimum absolute atomic E-state index is 0.00589. The summed E-state index contributed by atoms with van der Waals surface area (Å²) in [5.41, 5.74) is -2.44. The summed E-state index contributed by atoms with van der Waals surface area (Å²) in [6.07, 6.45) is -5.47. The zero-order chi connectivity index (χ0) is 38.4. The normalized spacial score (nSPS) is 15.8. The summed E-state index contributed by atoms with van der Waals surface area (Å²) in [4.78, 5) is 35.2. The number of aromatic nitrogens is 4. The molecule has 54 heavy (non-hydrogen) atoms. The van der Waals surface area contributed by atoms with Crippen LogP contribution in [0.3, 0.4) is 0 Å². The Morgan fingerprint density at radius 2 is 1.63 bits per heavy atom. The van der Waals surface area contributed by atoms with Gasteiger partial charge in [0.15, 0.2) is 0 Å². The van der Waals surface area contributed by atoms with Crippen molar-refractivity contribution in [3.8, 4) is 23.0 Å². The summed E-state index contributed by atoms with van der Waals surface area (Å²) in [5, 5.41) is 8.60. The number of fused-ring (bicyclic) bond motifs is 2. The SMILES string of the molecule is O=C(Cn1nc(C(F)F)c2c1C(F)(F)CCC2(F)F)NC(Cc1cc(F)cc(F)c1)c1nc(C#Cc2ccccc2)ncc1-c1ccc2c(c1)C(=O)NC2. The van der Waals surface area contributed by atoms with Crippen molar-refractivity contribution in [2.45, 2.75) is 56.7 Å². The molecule has 1 aliphatic heterocycles. The molecule has 1 aliphatic carbocycles. The van der Waals surface area contributed by atoms with Gasteiger partial charge in [-0.2, -0.15) is 13.9 Å². The van der Waals surface area contributed by atoms with E-state index in [9.17, 15) is 35.9 Å². The van der Waals surface area contributed by atoms with Crippen LogP contribution in [0.5, 0.6) is 0 Å². The fourth-order valence-electron chi connectivity index (χ4n) is 6.57. The summed E-state index contributed by atoms with van der Waals surface area (Å²) in [6, 6.07) is 14.9. The molecule has 3 heterocycles. The zero-order valence-electron chi connectivity index (χ0n) is 27.7. The first-order chi connectivity index (χ1) is 25.7. The van der Waals surface area contributed by atoms with Crippen LogP contribution in [-0.4, -0.2) is 31.6 Å². The van der Waals surface area contributed by atoms with Crippen LogP contribution in [0.4, 0.5) is 35.1 Å². The Balaban J connectivity index is 1.34. The Bertz CT molecular complexity index is 2330. The van der Waals surface area contributed by atoms with Gasteiger partial charge in [0.2, 0.25) is 11.7 Å². The molecule has 2 aliphatic rings. The van der Waals surface area contributed by atoms with E-state index in [-0.39, 0.29) is 46.2 Å². The summed E-state index contributed by atoms with van der Waals surface area (Å²) in [6.45, 7) is -0.931. The number of alkyl halides is 6. The Kier molecular flexibility index (Phi) is 9.42. The number of nitrogens with zero attached hydrogens (tertiary/aromatic N) is 4. The maximum atomic E-state index is 15.1. The number of amides is 2. The molecule has 0 fully saturated rings. The Morgan fingerprint density at radius 3 is 2.35 bits per heavy atom. The summed E-state index contributed by atoms with van der Waals surface area (Å²) < 4.78 is 117. The summed E-state index contributed by atoms with van der Waals surface area (Å²) in [7, 11) is 0. The second-order valence-electron chi connectivity index (χ2n) is 12.7. The van der Waals surface area contributed by atoms with E-state index in [1.54, 1.807) is 48.5 Å². The van der Waals surface area contributed by atoms with E-state index in [0.717, 1.165) is 12.1 Å². The summed E-state index contributed by atoms with van der Waals surface area (Å²) in [5.74, 6) is -5.87. The van der Waals surface area contributed by atoms with Crippen LogP contribution in [0, 0.1) is 23.5 Å². The van der Waals surface area contributed by atoms with Crippen LogP contribution in [0.25, 0.3) is 11.1 Å². The van der Waals surface area contributed by atoms with E-state index >= 15 is 8.78 Å². The van der Waals surface area contributed by atoms with Crippen LogP contribution in [0.2, 0.25) is 0 Å². The van der Waals surface area contributed by atoms with E-state index in [4.69, 9.17) is 0 Å². The fourth-order valence-corrected chi connectivity index (χ4v) is 6.57. The average molecular weight is 751 g/mol. The van der Waals surface area contributed by atoms with Crippen LogP contribution in [0.15, 0.2) is 72.9 Å². The highest BCUT2D eigenvalue weighted by Crippen LogP contribution is 2.52. The number of hydrogen-bond acceptors (Lipinski definition) is 5. The highest BCUT2D eigenvalue weighted by atomic mass is 19.3. The predicted molar refractivity (Wildman–Crippen MR) is 176 cm³/mol. The first-order valence-electron chi connectivity index (χ1n) is 16.4. The molecule has 0 spiro atoms. The fraction of sp³-hybridized carbons (Fsp3) is 0.237. The molecule has 2 aromatic heterocycles. The molecule has 0 bridgehead atoms. The van der Waals surface area contributed by atoms with Gasteiger partial charge < -0.3 is 10.6 Å². The summed E-state index contributed by atoms with van der Waals surface area (Å²) >= 11 is 0. The topological polar surface area (TPSA) is 102 Å². The first-order valence-corrected chi connectivity index (χ1v) is 16.4. The molecule has 2 N–H and O–H groups in total. The standard InChI is InChI=1S/C38H26F8N6O2/c39-24-12-21(13-25(40)16-24)14-28(49-30(53)19-52-34-31(33(51-52)35(41)42)37(43,44)10-11-38(34,45)46)32-27(22-7-8-23-17-48-36(54)26(23)15-22)18-47-29(50-32)9-6-20-4-2-1-3-5-20/h1-5,7-8,12-13,15-16,18,28,35H,10-11,14,17,19H2,(H,48,54)(H,49,53). The Labute approximate surface area is 301 Å². The maximum Gasteiger partial charge on any atom is 0.290 e. The van der Waals surface area contributed by atoms with E-state index in [2.05, 4.69) is 37.5 Å². The lowest BCUT2D eigenvalue weighted by atomic mass is 9.89. The second-order valence-corrected chi connectivity index (χ2v) is 12.7. The lowest BCUT2D eigenvalue weighted by molar-refractivity contribution is -0.123. The number of hydrogen-bond donors (Lipinski definition) is 2. The quantitative estimate of drug-likeness (QED) is 0.128. The highest BCUT2D eigenvalue weighted by molar-refractivity contribution is 5.99. The van der Waals surface area contributed by atoms with Crippen LogP contribution < -0.4 is 10.6 Å². The first kappa shape index (κ1) is 36.3. The maximum absolute atomic E-state index is 15.1. The largest absolute Gasteiger partial charge is 0.348 e. The third-order valence-corrected chi connectivity index (χ3v) is 8.99. The van der Waals surface area contributed by atoms with E-state index in [1.807, 2.05) is 0 Å². The van der Waals surface area contributed by atoms with Gasteiger partial charge in [-0.15, -0.1) is 0 Å². The molecule has 16 heteroatoms. The molecule has 7 rings (SSSR count). The smallest absolute Gasteiger partial charge is 0.290 e. The molecule has 1 atom stereocenters.